The molecule has 2 fully saturated rings. The molecule has 2 aliphatic rings. The van der Waals surface area contributed by atoms with E-state index in [2.05, 4.69) is 65.8 Å². The van der Waals surface area contributed by atoms with E-state index in [0.29, 0.717) is 29.8 Å². The molecule has 0 N–H and O–H groups in total. The molecule has 2 heteroatoms. The molecule has 2 nitrogen and oxygen atoms in total. The largest absolute Gasteiger partial charge is 0.369 e. The van der Waals surface area contributed by atoms with E-state index in [0.717, 1.165) is 19.3 Å². The molecular weight excluding hydrogens is 368 g/mol. The fraction of sp³-hybridized carbons (Fsp3) is 0.857. The number of ether oxygens (including phenoxy) is 2. The first-order valence-electron chi connectivity index (χ1n) is 12.9. The molecule has 2 heterocycles. The summed E-state index contributed by atoms with van der Waals surface area (Å²) in [4.78, 5) is 0. The molecule has 4 unspecified atom stereocenters. The van der Waals surface area contributed by atoms with Crippen LogP contribution in [-0.2, 0) is 9.47 Å². The minimum atomic E-state index is 0.176. The van der Waals surface area contributed by atoms with Gasteiger partial charge in [-0.3, -0.25) is 0 Å². The second-order valence-electron chi connectivity index (χ2n) is 11.1. The van der Waals surface area contributed by atoms with E-state index in [1.807, 2.05) is 0 Å². The van der Waals surface area contributed by atoms with Crippen LogP contribution in [0.25, 0.3) is 0 Å². The normalized spacial score (nSPS) is 26.7. The SMILES string of the molecule is CCCCCCCC/C=C/CCC1OC1/C=C/C(C)(C)CC1OC1C(C)(C)CCC. The highest BCUT2D eigenvalue weighted by molar-refractivity contribution is 5.09. The van der Waals surface area contributed by atoms with Gasteiger partial charge in [0.25, 0.3) is 0 Å². The van der Waals surface area contributed by atoms with E-state index in [-0.39, 0.29) is 5.41 Å². The zero-order valence-corrected chi connectivity index (χ0v) is 20.9. The lowest BCUT2D eigenvalue weighted by Crippen LogP contribution is -2.23. The first-order valence-corrected chi connectivity index (χ1v) is 12.9. The second kappa shape index (κ2) is 12.4. The third kappa shape index (κ3) is 9.69. The van der Waals surface area contributed by atoms with Gasteiger partial charge >= 0.3 is 0 Å². The molecule has 30 heavy (non-hydrogen) atoms. The molecule has 0 saturated carbocycles. The Morgan fingerprint density at radius 1 is 0.767 bits per heavy atom. The third-order valence-electron chi connectivity index (χ3n) is 6.84. The van der Waals surface area contributed by atoms with Crippen LogP contribution in [0.4, 0.5) is 0 Å². The maximum Gasteiger partial charge on any atom is 0.102 e. The number of epoxide rings is 2. The number of rotatable bonds is 17. The lowest BCUT2D eigenvalue weighted by molar-refractivity contribution is 0.221. The van der Waals surface area contributed by atoms with Crippen LogP contribution in [0.2, 0.25) is 0 Å². The van der Waals surface area contributed by atoms with Gasteiger partial charge in [0, 0.05) is 0 Å². The van der Waals surface area contributed by atoms with Gasteiger partial charge in [0.05, 0.1) is 18.3 Å². The van der Waals surface area contributed by atoms with Crippen molar-refractivity contribution in [2.75, 3.05) is 0 Å². The molecular formula is C28H50O2. The van der Waals surface area contributed by atoms with Gasteiger partial charge in [-0.15, -0.1) is 0 Å². The molecule has 0 bridgehead atoms. The monoisotopic (exact) mass is 418 g/mol. The Morgan fingerprint density at radius 3 is 2.20 bits per heavy atom. The van der Waals surface area contributed by atoms with Crippen molar-refractivity contribution < 1.29 is 9.47 Å². The highest BCUT2D eigenvalue weighted by atomic mass is 16.6. The molecule has 0 spiro atoms. The number of unbranched alkanes of at least 4 members (excludes halogenated alkanes) is 6. The molecule has 0 aromatic carbocycles. The summed E-state index contributed by atoms with van der Waals surface area (Å²) >= 11 is 0. The summed E-state index contributed by atoms with van der Waals surface area (Å²) in [5, 5.41) is 0. The summed E-state index contributed by atoms with van der Waals surface area (Å²) in [7, 11) is 0. The Kier molecular flexibility index (Phi) is 10.6. The lowest BCUT2D eigenvalue weighted by atomic mass is 9.79. The zero-order chi connectivity index (χ0) is 22.0. The summed E-state index contributed by atoms with van der Waals surface area (Å²) in [5.74, 6) is 0. The molecule has 2 saturated heterocycles. The Balaban J connectivity index is 1.54. The van der Waals surface area contributed by atoms with Crippen LogP contribution < -0.4 is 0 Å². The summed E-state index contributed by atoms with van der Waals surface area (Å²) in [6.45, 7) is 13.9. The van der Waals surface area contributed by atoms with Crippen LogP contribution in [0.3, 0.4) is 0 Å². The fourth-order valence-electron chi connectivity index (χ4n) is 4.81. The second-order valence-corrected chi connectivity index (χ2v) is 11.1. The maximum absolute atomic E-state index is 6.06. The predicted octanol–water partition coefficient (Wildman–Crippen LogP) is 8.41. The Morgan fingerprint density at radius 2 is 1.47 bits per heavy atom. The summed E-state index contributed by atoms with van der Waals surface area (Å²) < 4.78 is 11.9. The number of allylic oxidation sites excluding steroid dienone is 3. The van der Waals surface area contributed by atoms with Gasteiger partial charge < -0.3 is 9.47 Å². The van der Waals surface area contributed by atoms with Gasteiger partial charge in [-0.25, -0.2) is 0 Å². The van der Waals surface area contributed by atoms with Gasteiger partial charge in [-0.2, -0.15) is 0 Å². The smallest absolute Gasteiger partial charge is 0.102 e. The Labute approximate surface area is 187 Å². The maximum atomic E-state index is 6.06. The molecule has 2 rings (SSSR count). The topological polar surface area (TPSA) is 25.1 Å². The quantitative estimate of drug-likeness (QED) is 0.134. The van der Waals surface area contributed by atoms with Gasteiger partial charge in [0.2, 0.25) is 0 Å². The van der Waals surface area contributed by atoms with Crippen LogP contribution in [0, 0.1) is 10.8 Å². The van der Waals surface area contributed by atoms with Crippen molar-refractivity contribution in [3.63, 3.8) is 0 Å². The molecule has 0 radical (unpaired) electrons. The van der Waals surface area contributed by atoms with E-state index in [1.165, 1.54) is 57.8 Å². The first kappa shape index (κ1) is 25.7. The summed E-state index contributed by atoms with van der Waals surface area (Å²) in [5.41, 5.74) is 0.488. The minimum absolute atomic E-state index is 0.176. The summed E-state index contributed by atoms with van der Waals surface area (Å²) in [6, 6.07) is 0. The van der Waals surface area contributed by atoms with Crippen LogP contribution >= 0.6 is 0 Å². The molecule has 0 aromatic heterocycles. The Bertz CT molecular complexity index is 531. The van der Waals surface area contributed by atoms with Crippen molar-refractivity contribution in [3.05, 3.63) is 24.3 Å². The molecule has 0 aromatic rings. The highest BCUT2D eigenvalue weighted by Gasteiger charge is 2.50. The van der Waals surface area contributed by atoms with Gasteiger partial charge in [-0.1, -0.05) is 104 Å². The van der Waals surface area contributed by atoms with Gasteiger partial charge in [-0.05, 0) is 49.4 Å². The highest BCUT2D eigenvalue weighted by Crippen LogP contribution is 2.46. The molecule has 4 atom stereocenters. The van der Waals surface area contributed by atoms with Crippen LogP contribution in [0.5, 0.6) is 0 Å². The standard InChI is InChI=1S/C28H50O2/c1-7-9-10-11-12-13-14-15-16-17-18-23-24(29-23)19-21-27(3,4)22-25-26(30-25)28(5,6)20-8-2/h15-16,19,21,23-26H,7-14,17-18,20,22H2,1-6H3/b16-15+,21-19+. The van der Waals surface area contributed by atoms with Crippen molar-refractivity contribution in [2.24, 2.45) is 10.8 Å². The van der Waals surface area contributed by atoms with Crippen LogP contribution in [0.15, 0.2) is 24.3 Å². The lowest BCUT2D eigenvalue weighted by Gasteiger charge is -2.23. The average Bonchev–Trinajstić information content (AvgIpc) is 3.58. The van der Waals surface area contributed by atoms with E-state index in [4.69, 9.17) is 9.47 Å². The van der Waals surface area contributed by atoms with Crippen LogP contribution in [-0.4, -0.2) is 24.4 Å². The van der Waals surface area contributed by atoms with Gasteiger partial charge in [0.1, 0.15) is 6.10 Å². The van der Waals surface area contributed by atoms with E-state index in [9.17, 15) is 0 Å². The van der Waals surface area contributed by atoms with Crippen molar-refractivity contribution in [1.82, 2.24) is 0 Å². The number of hydrogen-bond donors (Lipinski definition) is 0. The van der Waals surface area contributed by atoms with E-state index < -0.39 is 0 Å². The molecule has 0 amide bonds. The Hall–Kier alpha value is -0.600. The van der Waals surface area contributed by atoms with Crippen molar-refractivity contribution in [1.29, 1.82) is 0 Å². The van der Waals surface area contributed by atoms with E-state index in [1.54, 1.807) is 0 Å². The summed E-state index contributed by atoms with van der Waals surface area (Å²) in [6.07, 6.45) is 26.5. The molecule has 2 aliphatic heterocycles. The van der Waals surface area contributed by atoms with E-state index >= 15 is 0 Å². The average molecular weight is 419 g/mol. The van der Waals surface area contributed by atoms with Crippen molar-refractivity contribution in [2.45, 2.75) is 143 Å². The van der Waals surface area contributed by atoms with Crippen LogP contribution in [0.1, 0.15) is 119 Å². The van der Waals surface area contributed by atoms with Crippen molar-refractivity contribution >= 4 is 0 Å². The van der Waals surface area contributed by atoms with Crippen molar-refractivity contribution in [3.8, 4) is 0 Å². The fourth-order valence-corrected chi connectivity index (χ4v) is 4.81. The molecule has 174 valence electrons. The molecule has 0 aliphatic carbocycles. The number of hydrogen-bond acceptors (Lipinski definition) is 2. The first-order chi connectivity index (χ1) is 14.3. The zero-order valence-electron chi connectivity index (χ0n) is 20.9. The third-order valence-corrected chi connectivity index (χ3v) is 6.84. The van der Waals surface area contributed by atoms with Gasteiger partial charge in [0.15, 0.2) is 0 Å². The predicted molar refractivity (Wildman–Crippen MR) is 130 cm³/mol. The minimum Gasteiger partial charge on any atom is -0.369 e.